The summed E-state index contributed by atoms with van der Waals surface area (Å²) in [6.45, 7) is 5.31. The van der Waals surface area contributed by atoms with Crippen LogP contribution in [0, 0.1) is 5.82 Å². The summed E-state index contributed by atoms with van der Waals surface area (Å²) in [5.41, 5.74) is -0.753. The maximum Gasteiger partial charge on any atom is 0.258 e. The van der Waals surface area contributed by atoms with E-state index in [2.05, 4.69) is 5.32 Å². The number of carbonyl (C=O) groups is 1. The lowest BCUT2D eigenvalue weighted by Gasteiger charge is -2.29. The average molecular weight is 274 g/mol. The van der Waals surface area contributed by atoms with Gasteiger partial charge in [0.1, 0.15) is 17.1 Å². The minimum Gasteiger partial charge on any atom is -0.496 e. The first-order valence-corrected chi connectivity index (χ1v) is 6.02. The number of ether oxygens (including phenoxy) is 1. The molecule has 1 amide bonds. The minimum absolute atomic E-state index is 0.106. The standard InChI is InChI=1S/C13H17ClFNO2/c1-8(14)13(2,3)16-12(17)11-9(15)6-5-7-10(11)18-4/h5-8H,1-4H3,(H,16,17). The van der Waals surface area contributed by atoms with Crippen molar-refractivity contribution < 1.29 is 13.9 Å². The fourth-order valence-corrected chi connectivity index (χ4v) is 1.40. The molecule has 0 heterocycles. The van der Waals surface area contributed by atoms with E-state index in [0.29, 0.717) is 0 Å². The predicted molar refractivity (Wildman–Crippen MR) is 69.8 cm³/mol. The van der Waals surface area contributed by atoms with Crippen LogP contribution in [0.2, 0.25) is 0 Å². The van der Waals surface area contributed by atoms with Gasteiger partial charge in [-0.25, -0.2) is 4.39 Å². The monoisotopic (exact) mass is 273 g/mol. The summed E-state index contributed by atoms with van der Waals surface area (Å²) in [6.07, 6.45) is 0. The van der Waals surface area contributed by atoms with Crippen molar-refractivity contribution in [2.24, 2.45) is 0 Å². The predicted octanol–water partition coefficient (Wildman–Crippen LogP) is 2.97. The van der Waals surface area contributed by atoms with Crippen LogP contribution in [0.4, 0.5) is 4.39 Å². The quantitative estimate of drug-likeness (QED) is 0.857. The van der Waals surface area contributed by atoms with Gasteiger partial charge in [0.2, 0.25) is 0 Å². The molecule has 0 saturated heterocycles. The molecule has 1 unspecified atom stereocenters. The highest BCUT2D eigenvalue weighted by Crippen LogP contribution is 2.23. The summed E-state index contributed by atoms with van der Waals surface area (Å²) < 4.78 is 18.7. The van der Waals surface area contributed by atoms with Crippen LogP contribution >= 0.6 is 11.6 Å². The smallest absolute Gasteiger partial charge is 0.258 e. The van der Waals surface area contributed by atoms with Gasteiger partial charge in [0, 0.05) is 0 Å². The van der Waals surface area contributed by atoms with Crippen molar-refractivity contribution in [2.75, 3.05) is 7.11 Å². The van der Waals surface area contributed by atoms with E-state index >= 15 is 0 Å². The van der Waals surface area contributed by atoms with Gasteiger partial charge in [-0.2, -0.15) is 0 Å². The number of halogens is 2. The summed E-state index contributed by atoms with van der Waals surface area (Å²) in [4.78, 5) is 12.1. The Morgan fingerprint density at radius 2 is 2.11 bits per heavy atom. The second-order valence-electron chi connectivity index (χ2n) is 4.61. The molecule has 0 aliphatic carbocycles. The van der Waals surface area contributed by atoms with Crippen molar-refractivity contribution in [1.82, 2.24) is 5.32 Å². The average Bonchev–Trinajstić information content (AvgIpc) is 2.27. The number of nitrogens with one attached hydrogen (secondary N) is 1. The van der Waals surface area contributed by atoms with Gasteiger partial charge in [-0.05, 0) is 32.9 Å². The third kappa shape index (κ3) is 3.13. The largest absolute Gasteiger partial charge is 0.496 e. The molecular formula is C13H17ClFNO2. The first kappa shape index (κ1) is 14.8. The van der Waals surface area contributed by atoms with Crippen LogP contribution in [0.3, 0.4) is 0 Å². The zero-order chi connectivity index (χ0) is 13.9. The van der Waals surface area contributed by atoms with Crippen LogP contribution in [0.15, 0.2) is 18.2 Å². The van der Waals surface area contributed by atoms with Crippen molar-refractivity contribution in [3.8, 4) is 5.75 Å². The molecule has 1 rings (SSSR count). The molecule has 0 aromatic heterocycles. The first-order chi connectivity index (χ1) is 8.29. The van der Waals surface area contributed by atoms with E-state index in [4.69, 9.17) is 16.3 Å². The number of rotatable bonds is 4. The summed E-state index contributed by atoms with van der Waals surface area (Å²) in [5, 5.41) is 2.40. The van der Waals surface area contributed by atoms with E-state index in [1.54, 1.807) is 20.8 Å². The number of carbonyl (C=O) groups excluding carboxylic acids is 1. The Morgan fingerprint density at radius 3 is 2.61 bits per heavy atom. The molecule has 0 spiro atoms. The molecule has 18 heavy (non-hydrogen) atoms. The lowest BCUT2D eigenvalue weighted by Crippen LogP contribution is -2.49. The van der Waals surface area contributed by atoms with E-state index in [1.165, 1.54) is 25.3 Å². The van der Waals surface area contributed by atoms with Gasteiger partial charge >= 0.3 is 0 Å². The molecule has 0 aliphatic rings. The Morgan fingerprint density at radius 1 is 1.50 bits per heavy atom. The second-order valence-corrected chi connectivity index (χ2v) is 5.26. The highest BCUT2D eigenvalue weighted by Gasteiger charge is 2.28. The normalized spacial score (nSPS) is 13.0. The van der Waals surface area contributed by atoms with E-state index < -0.39 is 17.3 Å². The Labute approximate surface area is 111 Å². The Balaban J connectivity index is 3.05. The number of amides is 1. The van der Waals surface area contributed by atoms with Crippen LogP contribution in [0.1, 0.15) is 31.1 Å². The molecule has 0 radical (unpaired) electrons. The lowest BCUT2D eigenvalue weighted by atomic mass is 10.0. The summed E-state index contributed by atoms with van der Waals surface area (Å²) in [7, 11) is 1.39. The second kappa shape index (κ2) is 5.57. The fourth-order valence-electron chi connectivity index (χ4n) is 1.35. The summed E-state index contributed by atoms with van der Waals surface area (Å²) in [6, 6.07) is 4.24. The van der Waals surface area contributed by atoms with Crippen LogP contribution in [0.5, 0.6) is 5.75 Å². The molecule has 3 nitrogen and oxygen atoms in total. The topological polar surface area (TPSA) is 38.3 Å². The highest BCUT2D eigenvalue weighted by atomic mass is 35.5. The molecule has 0 fully saturated rings. The lowest BCUT2D eigenvalue weighted by molar-refractivity contribution is 0.0905. The Hall–Kier alpha value is -1.29. The Bertz CT molecular complexity index is 447. The zero-order valence-corrected chi connectivity index (χ0v) is 11.6. The van der Waals surface area contributed by atoms with Gasteiger partial charge in [-0.15, -0.1) is 11.6 Å². The number of hydrogen-bond acceptors (Lipinski definition) is 2. The summed E-state index contributed by atoms with van der Waals surface area (Å²) >= 11 is 5.97. The maximum absolute atomic E-state index is 13.7. The third-order valence-electron chi connectivity index (χ3n) is 2.85. The van der Waals surface area contributed by atoms with Crippen LogP contribution < -0.4 is 10.1 Å². The zero-order valence-electron chi connectivity index (χ0n) is 10.9. The van der Waals surface area contributed by atoms with Crippen molar-refractivity contribution in [1.29, 1.82) is 0 Å². The molecule has 100 valence electrons. The van der Waals surface area contributed by atoms with Crippen LogP contribution in [0.25, 0.3) is 0 Å². The van der Waals surface area contributed by atoms with Gasteiger partial charge in [0.05, 0.1) is 18.0 Å². The molecule has 0 aliphatic heterocycles. The Kier molecular flexibility index (Phi) is 4.57. The highest BCUT2D eigenvalue weighted by molar-refractivity contribution is 6.21. The van der Waals surface area contributed by atoms with Gasteiger partial charge in [-0.1, -0.05) is 6.07 Å². The molecule has 5 heteroatoms. The van der Waals surface area contributed by atoms with Gasteiger partial charge in [0.15, 0.2) is 0 Å². The van der Waals surface area contributed by atoms with Gasteiger partial charge < -0.3 is 10.1 Å². The molecule has 1 N–H and O–H groups in total. The van der Waals surface area contributed by atoms with Crippen LogP contribution in [-0.2, 0) is 0 Å². The van der Waals surface area contributed by atoms with Crippen LogP contribution in [-0.4, -0.2) is 23.9 Å². The molecule has 0 saturated carbocycles. The molecular weight excluding hydrogens is 257 g/mol. The number of benzene rings is 1. The molecule has 1 aromatic rings. The SMILES string of the molecule is COc1cccc(F)c1C(=O)NC(C)(C)C(C)Cl. The molecule has 1 aromatic carbocycles. The molecule has 1 atom stereocenters. The summed E-state index contributed by atoms with van der Waals surface area (Å²) in [5.74, 6) is -0.960. The number of methoxy groups -OCH3 is 1. The van der Waals surface area contributed by atoms with E-state index in [1.807, 2.05) is 0 Å². The van der Waals surface area contributed by atoms with Crippen molar-refractivity contribution >= 4 is 17.5 Å². The van der Waals surface area contributed by atoms with Gasteiger partial charge in [0.25, 0.3) is 5.91 Å². The third-order valence-corrected chi connectivity index (χ3v) is 3.40. The van der Waals surface area contributed by atoms with Crippen molar-refractivity contribution in [2.45, 2.75) is 31.7 Å². The van der Waals surface area contributed by atoms with E-state index in [0.717, 1.165) is 0 Å². The fraction of sp³-hybridized carbons (Fsp3) is 0.462. The van der Waals surface area contributed by atoms with Crippen molar-refractivity contribution in [3.05, 3.63) is 29.6 Å². The number of alkyl halides is 1. The first-order valence-electron chi connectivity index (χ1n) is 5.58. The maximum atomic E-state index is 13.7. The number of hydrogen-bond donors (Lipinski definition) is 1. The molecule has 0 bridgehead atoms. The van der Waals surface area contributed by atoms with E-state index in [9.17, 15) is 9.18 Å². The minimum atomic E-state index is -0.647. The van der Waals surface area contributed by atoms with Crippen molar-refractivity contribution in [3.63, 3.8) is 0 Å². The van der Waals surface area contributed by atoms with Gasteiger partial charge in [-0.3, -0.25) is 4.79 Å². The van der Waals surface area contributed by atoms with E-state index in [-0.39, 0.29) is 16.7 Å².